The number of nitro groups is 1. The number of benzene rings is 2. The van der Waals surface area contributed by atoms with E-state index in [1.165, 1.54) is 47.6 Å². The number of non-ortho nitro benzene ring substituents is 1. The number of carbonyl (C=O) groups is 2. The van der Waals surface area contributed by atoms with Crippen molar-refractivity contribution in [2.45, 2.75) is 31.1 Å². The number of nitrogens with zero attached hydrogens (tertiary/aromatic N) is 3. The highest BCUT2D eigenvalue weighted by atomic mass is 32.2. The van der Waals surface area contributed by atoms with Crippen molar-refractivity contribution in [2.24, 2.45) is 5.92 Å². The summed E-state index contributed by atoms with van der Waals surface area (Å²) >= 11 is 0. The van der Waals surface area contributed by atoms with Gasteiger partial charge < -0.3 is 4.90 Å². The van der Waals surface area contributed by atoms with Crippen molar-refractivity contribution in [1.82, 2.24) is 4.31 Å². The first-order valence-corrected chi connectivity index (χ1v) is 11.8. The van der Waals surface area contributed by atoms with E-state index < -0.39 is 14.9 Å². The van der Waals surface area contributed by atoms with Gasteiger partial charge in [0.15, 0.2) is 5.78 Å². The Morgan fingerprint density at radius 3 is 2.28 bits per heavy atom. The predicted molar refractivity (Wildman–Crippen MR) is 117 cm³/mol. The second kappa shape index (κ2) is 8.44. The van der Waals surface area contributed by atoms with E-state index in [1.54, 1.807) is 11.0 Å². The average Bonchev–Trinajstić information content (AvgIpc) is 3.22. The van der Waals surface area contributed by atoms with Crippen LogP contribution in [0.25, 0.3) is 0 Å². The Kier molecular flexibility index (Phi) is 5.83. The average molecular weight is 458 g/mol. The number of carbonyl (C=O) groups excluding carboxylic acids is 2. The molecule has 4 rings (SSSR count). The van der Waals surface area contributed by atoms with Gasteiger partial charge in [-0.3, -0.25) is 19.7 Å². The standard InChI is InChI=1S/C22H23N3O6S/c1-15(26)16-3-6-20(7-4-16)32(30,31)23-11-8-18(9-12-23)22(27)24-13-10-17-2-5-19(25(28)29)14-21(17)24/h2-7,14,18H,8-13H2,1H3. The molecule has 0 bridgehead atoms. The molecular formula is C22H23N3O6S. The Morgan fingerprint density at radius 1 is 1.03 bits per heavy atom. The maximum atomic E-state index is 13.1. The van der Waals surface area contributed by atoms with E-state index >= 15 is 0 Å². The van der Waals surface area contributed by atoms with Crippen LogP contribution in [0.2, 0.25) is 0 Å². The van der Waals surface area contributed by atoms with Crippen molar-refractivity contribution >= 4 is 33.1 Å². The maximum Gasteiger partial charge on any atom is 0.271 e. The van der Waals surface area contributed by atoms with Gasteiger partial charge in [0.25, 0.3) is 5.69 Å². The summed E-state index contributed by atoms with van der Waals surface area (Å²) in [6.45, 7) is 2.31. The Morgan fingerprint density at radius 2 is 1.69 bits per heavy atom. The van der Waals surface area contributed by atoms with Crippen molar-refractivity contribution in [3.8, 4) is 0 Å². The summed E-state index contributed by atoms with van der Waals surface area (Å²) in [6, 6.07) is 10.4. The van der Waals surface area contributed by atoms with Gasteiger partial charge in [-0.1, -0.05) is 18.2 Å². The number of ketones is 1. The second-order valence-electron chi connectivity index (χ2n) is 8.07. The van der Waals surface area contributed by atoms with Crippen molar-refractivity contribution in [3.05, 3.63) is 63.7 Å². The molecule has 9 nitrogen and oxygen atoms in total. The Labute approximate surface area is 185 Å². The van der Waals surface area contributed by atoms with Gasteiger partial charge in [-0.2, -0.15) is 4.31 Å². The van der Waals surface area contributed by atoms with Crippen LogP contribution in [0, 0.1) is 16.0 Å². The lowest BCUT2D eigenvalue weighted by Crippen LogP contribution is -2.44. The van der Waals surface area contributed by atoms with Gasteiger partial charge in [0, 0.05) is 43.2 Å². The smallest absolute Gasteiger partial charge is 0.271 e. The van der Waals surface area contributed by atoms with E-state index in [9.17, 15) is 28.1 Å². The van der Waals surface area contributed by atoms with Crippen molar-refractivity contribution in [1.29, 1.82) is 0 Å². The number of rotatable bonds is 5. The molecule has 168 valence electrons. The van der Waals surface area contributed by atoms with Gasteiger partial charge in [0.2, 0.25) is 15.9 Å². The van der Waals surface area contributed by atoms with Gasteiger partial charge in [-0.05, 0) is 43.9 Å². The number of hydrogen-bond donors (Lipinski definition) is 0. The molecule has 2 aromatic rings. The van der Waals surface area contributed by atoms with E-state index in [-0.39, 0.29) is 41.3 Å². The van der Waals surface area contributed by atoms with Crippen LogP contribution in [0.15, 0.2) is 47.4 Å². The summed E-state index contributed by atoms with van der Waals surface area (Å²) in [4.78, 5) is 36.9. The molecule has 0 aliphatic carbocycles. The van der Waals surface area contributed by atoms with E-state index in [4.69, 9.17) is 0 Å². The third-order valence-corrected chi connectivity index (χ3v) is 8.06. The molecule has 0 unspecified atom stereocenters. The number of anilines is 1. The third-order valence-electron chi connectivity index (χ3n) is 6.14. The molecule has 0 N–H and O–H groups in total. The molecule has 2 aliphatic heterocycles. The van der Waals surface area contributed by atoms with Gasteiger partial charge in [0.05, 0.1) is 15.5 Å². The van der Waals surface area contributed by atoms with E-state index in [0.717, 1.165) is 5.56 Å². The molecule has 2 aliphatic rings. The van der Waals surface area contributed by atoms with Crippen molar-refractivity contribution in [2.75, 3.05) is 24.5 Å². The summed E-state index contributed by atoms with van der Waals surface area (Å²) in [7, 11) is -3.71. The van der Waals surface area contributed by atoms with Gasteiger partial charge in [0.1, 0.15) is 0 Å². The number of nitro benzene ring substituents is 1. The molecule has 2 aromatic carbocycles. The fourth-order valence-corrected chi connectivity index (χ4v) is 5.75. The highest BCUT2D eigenvalue weighted by Gasteiger charge is 2.36. The topological polar surface area (TPSA) is 118 Å². The molecule has 32 heavy (non-hydrogen) atoms. The van der Waals surface area contributed by atoms with E-state index in [1.807, 2.05) is 0 Å². The lowest BCUT2D eigenvalue weighted by Gasteiger charge is -2.32. The van der Waals surface area contributed by atoms with Crippen LogP contribution in [-0.4, -0.2) is 49.0 Å². The van der Waals surface area contributed by atoms with Gasteiger partial charge in [-0.25, -0.2) is 8.42 Å². The van der Waals surface area contributed by atoms with Crippen LogP contribution in [0.1, 0.15) is 35.7 Å². The molecular weight excluding hydrogens is 434 g/mol. The molecule has 1 fully saturated rings. The fraction of sp³-hybridized carbons (Fsp3) is 0.364. The van der Waals surface area contributed by atoms with Crippen LogP contribution in [-0.2, 0) is 21.2 Å². The number of fused-ring (bicyclic) bond motifs is 1. The molecule has 0 atom stereocenters. The molecule has 2 heterocycles. The van der Waals surface area contributed by atoms with Crippen LogP contribution in [0.3, 0.4) is 0 Å². The fourth-order valence-electron chi connectivity index (χ4n) is 4.28. The number of sulfonamides is 1. The molecule has 0 aromatic heterocycles. The van der Waals surface area contributed by atoms with Crippen LogP contribution < -0.4 is 4.90 Å². The highest BCUT2D eigenvalue weighted by molar-refractivity contribution is 7.89. The number of piperidine rings is 1. The number of hydrogen-bond acceptors (Lipinski definition) is 6. The lowest BCUT2D eigenvalue weighted by molar-refractivity contribution is -0.384. The lowest BCUT2D eigenvalue weighted by atomic mass is 9.96. The quantitative estimate of drug-likeness (QED) is 0.387. The molecule has 1 saturated heterocycles. The Balaban J connectivity index is 1.44. The van der Waals surface area contributed by atoms with Crippen molar-refractivity contribution < 1.29 is 22.9 Å². The summed E-state index contributed by atoms with van der Waals surface area (Å²) in [5.74, 6) is -0.596. The third kappa shape index (κ3) is 4.03. The highest BCUT2D eigenvalue weighted by Crippen LogP contribution is 2.34. The maximum absolute atomic E-state index is 13.1. The molecule has 10 heteroatoms. The zero-order chi connectivity index (χ0) is 23.0. The first-order valence-electron chi connectivity index (χ1n) is 10.4. The number of Topliss-reactive ketones (excluding diaryl/α,β-unsaturated/α-hetero) is 1. The minimum atomic E-state index is -3.71. The van der Waals surface area contributed by atoms with E-state index in [0.29, 0.717) is 37.1 Å². The largest absolute Gasteiger partial charge is 0.311 e. The summed E-state index contributed by atoms with van der Waals surface area (Å²) in [5.41, 5.74) is 1.86. The summed E-state index contributed by atoms with van der Waals surface area (Å²) < 4.78 is 27.3. The van der Waals surface area contributed by atoms with Crippen LogP contribution in [0.4, 0.5) is 11.4 Å². The minimum absolute atomic E-state index is 0.0554. The van der Waals surface area contributed by atoms with Gasteiger partial charge in [-0.15, -0.1) is 0 Å². The molecule has 0 radical (unpaired) electrons. The predicted octanol–water partition coefficient (Wildman–Crippen LogP) is 2.79. The first kappa shape index (κ1) is 22.1. The molecule has 1 amide bonds. The Bertz CT molecular complexity index is 1180. The summed E-state index contributed by atoms with van der Waals surface area (Å²) in [5, 5.41) is 11.1. The second-order valence-corrected chi connectivity index (χ2v) is 10.0. The monoisotopic (exact) mass is 457 g/mol. The number of amides is 1. The van der Waals surface area contributed by atoms with Crippen LogP contribution >= 0.6 is 0 Å². The first-order chi connectivity index (χ1) is 15.2. The zero-order valence-corrected chi connectivity index (χ0v) is 18.4. The molecule has 0 spiro atoms. The minimum Gasteiger partial charge on any atom is -0.311 e. The van der Waals surface area contributed by atoms with E-state index in [2.05, 4.69) is 0 Å². The van der Waals surface area contributed by atoms with Gasteiger partial charge >= 0.3 is 0 Å². The summed E-state index contributed by atoms with van der Waals surface area (Å²) in [6.07, 6.45) is 1.40. The van der Waals surface area contributed by atoms with Crippen molar-refractivity contribution in [3.63, 3.8) is 0 Å². The zero-order valence-electron chi connectivity index (χ0n) is 17.6. The SMILES string of the molecule is CC(=O)c1ccc(S(=O)(=O)N2CCC(C(=O)N3CCc4ccc([N+](=O)[O-])cc43)CC2)cc1. The van der Waals surface area contributed by atoms with Crippen LogP contribution in [0.5, 0.6) is 0 Å². The Hall–Kier alpha value is -3.11. The molecule has 0 saturated carbocycles. The normalized spacial score (nSPS) is 17.2.